The van der Waals surface area contributed by atoms with E-state index in [0.29, 0.717) is 18.6 Å². The third-order valence-electron chi connectivity index (χ3n) is 2.88. The Balaban J connectivity index is 2.20. The van der Waals surface area contributed by atoms with E-state index in [9.17, 15) is 4.79 Å². The second-order valence-corrected chi connectivity index (χ2v) is 4.47. The number of alkyl halides is 1. The van der Waals surface area contributed by atoms with Crippen LogP contribution in [0.3, 0.4) is 0 Å². The number of hydrogen-bond acceptors (Lipinski definition) is 4. The van der Waals surface area contributed by atoms with Crippen molar-refractivity contribution in [2.75, 3.05) is 13.0 Å². The predicted molar refractivity (Wildman–Crippen MR) is 68.8 cm³/mol. The number of benzene rings is 1. The molecule has 5 heteroatoms. The van der Waals surface area contributed by atoms with Crippen LogP contribution in [0.2, 0.25) is 0 Å². The summed E-state index contributed by atoms with van der Waals surface area (Å²) >= 11 is 5.72. The van der Waals surface area contributed by atoms with Gasteiger partial charge in [0.25, 0.3) is 0 Å². The van der Waals surface area contributed by atoms with Gasteiger partial charge >= 0.3 is 5.97 Å². The zero-order valence-electron chi connectivity index (χ0n) is 10.1. The van der Waals surface area contributed by atoms with Crippen molar-refractivity contribution in [3.63, 3.8) is 0 Å². The summed E-state index contributed by atoms with van der Waals surface area (Å²) < 4.78 is 4.82. The Hall–Kier alpha value is -1.55. The molecule has 0 bridgehead atoms. The zero-order valence-corrected chi connectivity index (χ0v) is 10.8. The third-order valence-corrected chi connectivity index (χ3v) is 3.19. The molecule has 2 rings (SSSR count). The molecule has 96 valence electrons. The standard InChI is InChI=1S/C13H14ClNO3/c1-17-12(16)13(8-11(9-14)15-18-13)7-10-5-3-2-4-6-10/h2-6H,7-9H2,1H3. The minimum absolute atomic E-state index is 0.257. The molecule has 1 aromatic rings. The zero-order chi connectivity index (χ0) is 13.0. The first-order valence-electron chi connectivity index (χ1n) is 5.62. The van der Waals surface area contributed by atoms with Gasteiger partial charge in [0, 0.05) is 12.8 Å². The van der Waals surface area contributed by atoms with Crippen molar-refractivity contribution in [3.8, 4) is 0 Å². The highest BCUT2D eigenvalue weighted by atomic mass is 35.5. The molecule has 0 amide bonds. The molecule has 1 heterocycles. The van der Waals surface area contributed by atoms with Gasteiger partial charge in [0.1, 0.15) is 0 Å². The Morgan fingerprint density at radius 1 is 1.50 bits per heavy atom. The maximum Gasteiger partial charge on any atom is 0.353 e. The fourth-order valence-electron chi connectivity index (χ4n) is 2.01. The van der Waals surface area contributed by atoms with Crippen molar-refractivity contribution in [1.29, 1.82) is 0 Å². The van der Waals surface area contributed by atoms with Crippen LogP contribution in [-0.2, 0) is 20.8 Å². The largest absolute Gasteiger partial charge is 0.466 e. The number of methoxy groups -OCH3 is 1. The first-order chi connectivity index (χ1) is 8.70. The topological polar surface area (TPSA) is 47.9 Å². The van der Waals surface area contributed by atoms with Crippen molar-refractivity contribution in [2.45, 2.75) is 18.4 Å². The van der Waals surface area contributed by atoms with Crippen LogP contribution < -0.4 is 0 Å². The fourth-order valence-corrected chi connectivity index (χ4v) is 2.15. The summed E-state index contributed by atoms with van der Waals surface area (Å²) in [6.07, 6.45) is 0.794. The van der Waals surface area contributed by atoms with E-state index >= 15 is 0 Å². The summed E-state index contributed by atoms with van der Waals surface area (Å²) in [6.45, 7) is 0. The second kappa shape index (κ2) is 5.40. The van der Waals surface area contributed by atoms with Crippen molar-refractivity contribution < 1.29 is 14.4 Å². The monoisotopic (exact) mass is 267 g/mol. The maximum absolute atomic E-state index is 11.9. The number of ether oxygens (including phenoxy) is 1. The van der Waals surface area contributed by atoms with Crippen molar-refractivity contribution in [2.24, 2.45) is 5.16 Å². The molecule has 0 saturated heterocycles. The van der Waals surface area contributed by atoms with Crippen LogP contribution in [-0.4, -0.2) is 30.3 Å². The average molecular weight is 268 g/mol. The van der Waals surface area contributed by atoms with E-state index < -0.39 is 11.6 Å². The molecule has 0 aliphatic carbocycles. The Kier molecular flexibility index (Phi) is 3.87. The molecule has 0 N–H and O–H groups in total. The van der Waals surface area contributed by atoms with E-state index in [0.717, 1.165) is 5.56 Å². The smallest absolute Gasteiger partial charge is 0.353 e. The highest BCUT2D eigenvalue weighted by Crippen LogP contribution is 2.30. The highest BCUT2D eigenvalue weighted by Gasteiger charge is 2.47. The van der Waals surface area contributed by atoms with E-state index in [1.165, 1.54) is 7.11 Å². The van der Waals surface area contributed by atoms with Crippen LogP contribution in [0.5, 0.6) is 0 Å². The van der Waals surface area contributed by atoms with Gasteiger partial charge < -0.3 is 9.57 Å². The van der Waals surface area contributed by atoms with Gasteiger partial charge in [-0.15, -0.1) is 11.6 Å². The van der Waals surface area contributed by atoms with Gasteiger partial charge in [-0.2, -0.15) is 0 Å². The molecule has 1 aliphatic heterocycles. The van der Waals surface area contributed by atoms with Crippen LogP contribution in [0.25, 0.3) is 0 Å². The number of halogens is 1. The molecule has 1 aromatic carbocycles. The summed E-state index contributed by atoms with van der Waals surface area (Å²) in [5.74, 6) is -0.164. The first-order valence-corrected chi connectivity index (χ1v) is 6.16. The van der Waals surface area contributed by atoms with Gasteiger partial charge in [-0.1, -0.05) is 35.5 Å². The molecule has 0 fully saturated rings. The van der Waals surface area contributed by atoms with Crippen LogP contribution in [0.15, 0.2) is 35.5 Å². The number of carbonyl (C=O) groups is 1. The average Bonchev–Trinajstić information content (AvgIpc) is 2.83. The summed E-state index contributed by atoms with van der Waals surface area (Å²) in [6, 6.07) is 9.63. The van der Waals surface area contributed by atoms with E-state index in [-0.39, 0.29) is 5.88 Å². The number of carbonyl (C=O) groups excluding carboxylic acids is 1. The summed E-state index contributed by atoms with van der Waals surface area (Å²) in [5, 5.41) is 3.86. The second-order valence-electron chi connectivity index (χ2n) is 4.21. The van der Waals surface area contributed by atoms with Gasteiger partial charge in [0.05, 0.1) is 18.7 Å². The van der Waals surface area contributed by atoms with Crippen molar-refractivity contribution in [1.82, 2.24) is 0 Å². The predicted octanol–water partition coefficient (Wildman–Crippen LogP) is 2.16. The molecule has 18 heavy (non-hydrogen) atoms. The summed E-state index contributed by atoms with van der Waals surface area (Å²) in [5.41, 5.74) is 0.590. The SMILES string of the molecule is COC(=O)C1(Cc2ccccc2)CC(CCl)=NO1. The van der Waals surface area contributed by atoms with Crippen LogP contribution in [0, 0.1) is 0 Å². The number of rotatable bonds is 4. The van der Waals surface area contributed by atoms with E-state index in [2.05, 4.69) is 5.16 Å². The summed E-state index contributed by atoms with van der Waals surface area (Å²) in [7, 11) is 1.34. The van der Waals surface area contributed by atoms with Gasteiger partial charge in [-0.25, -0.2) is 4.79 Å². The van der Waals surface area contributed by atoms with Crippen LogP contribution in [0.4, 0.5) is 0 Å². The van der Waals surface area contributed by atoms with Crippen molar-refractivity contribution >= 4 is 23.3 Å². The Morgan fingerprint density at radius 3 is 2.78 bits per heavy atom. The number of esters is 1. The number of hydrogen-bond donors (Lipinski definition) is 0. The molecule has 0 radical (unpaired) electrons. The Morgan fingerprint density at radius 2 is 2.22 bits per heavy atom. The first kappa shape index (κ1) is 12.9. The lowest BCUT2D eigenvalue weighted by atomic mass is 9.90. The molecular weight excluding hydrogens is 254 g/mol. The molecule has 4 nitrogen and oxygen atoms in total. The van der Waals surface area contributed by atoms with Crippen molar-refractivity contribution in [3.05, 3.63) is 35.9 Å². The molecule has 1 aliphatic rings. The lowest BCUT2D eigenvalue weighted by Crippen LogP contribution is -2.42. The minimum Gasteiger partial charge on any atom is -0.466 e. The molecule has 1 unspecified atom stereocenters. The van der Waals surface area contributed by atoms with Gasteiger partial charge in [0.2, 0.25) is 5.60 Å². The van der Waals surface area contributed by atoms with Crippen LogP contribution >= 0.6 is 11.6 Å². The van der Waals surface area contributed by atoms with Gasteiger partial charge in [0.15, 0.2) is 0 Å². The van der Waals surface area contributed by atoms with E-state index in [1.807, 2.05) is 30.3 Å². The van der Waals surface area contributed by atoms with E-state index in [4.69, 9.17) is 21.2 Å². The lowest BCUT2D eigenvalue weighted by Gasteiger charge is -2.23. The Labute approximate surface area is 111 Å². The number of nitrogens with zero attached hydrogens (tertiary/aromatic N) is 1. The quantitative estimate of drug-likeness (QED) is 0.620. The van der Waals surface area contributed by atoms with Gasteiger partial charge in [-0.05, 0) is 5.56 Å². The molecule has 0 spiro atoms. The molecular formula is C13H14ClNO3. The van der Waals surface area contributed by atoms with E-state index in [1.54, 1.807) is 0 Å². The third kappa shape index (κ3) is 2.48. The maximum atomic E-state index is 11.9. The number of oxime groups is 1. The van der Waals surface area contributed by atoms with Gasteiger partial charge in [-0.3, -0.25) is 0 Å². The minimum atomic E-state index is -1.07. The fraction of sp³-hybridized carbons (Fsp3) is 0.385. The molecule has 0 saturated carbocycles. The molecule has 1 atom stereocenters. The Bertz CT molecular complexity index is 461. The molecule has 0 aromatic heterocycles. The highest BCUT2D eigenvalue weighted by molar-refractivity contribution is 6.29. The van der Waals surface area contributed by atoms with Crippen LogP contribution in [0.1, 0.15) is 12.0 Å². The lowest BCUT2D eigenvalue weighted by molar-refractivity contribution is -0.166. The normalized spacial score (nSPS) is 22.2. The summed E-state index contributed by atoms with van der Waals surface area (Å²) in [4.78, 5) is 17.3.